The summed E-state index contributed by atoms with van der Waals surface area (Å²) in [7, 11) is -3.64. The van der Waals surface area contributed by atoms with Gasteiger partial charge in [0, 0.05) is 31.6 Å². The summed E-state index contributed by atoms with van der Waals surface area (Å²) in [5.41, 5.74) is 1.98. The number of nitrogens with one attached hydrogen (secondary N) is 1. The maximum Gasteiger partial charge on any atom is 0.256 e. The molecular weight excluding hydrogens is 410 g/mol. The number of hydrogen-bond donors (Lipinski definition) is 1. The highest BCUT2D eigenvalue weighted by Crippen LogP contribution is 2.32. The molecule has 2 aromatic rings. The van der Waals surface area contributed by atoms with Crippen LogP contribution >= 0.6 is 11.3 Å². The number of morpholine rings is 1. The largest absolute Gasteiger partial charge is 0.379 e. The minimum absolute atomic E-state index is 0.195. The van der Waals surface area contributed by atoms with Gasteiger partial charge < -0.3 is 15.0 Å². The predicted molar refractivity (Wildman–Crippen MR) is 114 cm³/mol. The van der Waals surface area contributed by atoms with Gasteiger partial charge in [-0.05, 0) is 48.9 Å². The molecule has 2 aliphatic heterocycles. The Bertz CT molecular complexity index is 948. The second-order valence-electron chi connectivity index (χ2n) is 7.21. The van der Waals surface area contributed by atoms with Crippen molar-refractivity contribution in [3.8, 4) is 0 Å². The number of anilines is 2. The number of rotatable bonds is 5. The van der Waals surface area contributed by atoms with Crippen LogP contribution in [0.4, 0.5) is 11.4 Å². The number of sulfonamides is 1. The number of nitrogens with zero attached hydrogens (tertiary/aromatic N) is 2. The average molecular weight is 436 g/mol. The first kappa shape index (κ1) is 20.3. The molecule has 0 bridgehead atoms. The molecule has 0 radical (unpaired) electrons. The van der Waals surface area contributed by atoms with Crippen LogP contribution in [0.1, 0.15) is 29.6 Å². The molecule has 1 aromatic carbocycles. The lowest BCUT2D eigenvalue weighted by Crippen LogP contribution is -2.40. The lowest BCUT2D eigenvalue weighted by molar-refractivity contribution is 0.0730. The van der Waals surface area contributed by atoms with Crippen molar-refractivity contribution in [2.45, 2.75) is 24.2 Å². The second kappa shape index (κ2) is 8.83. The van der Waals surface area contributed by atoms with Crippen molar-refractivity contribution in [1.82, 2.24) is 4.31 Å². The van der Waals surface area contributed by atoms with Crippen LogP contribution in [0.2, 0.25) is 0 Å². The standard InChI is InChI=1S/C20H25N3O4S2/c24-20(16-6-13-28-15-16)21-18-14-17(29(25,26)23-9-11-27-12-10-23)4-5-19(18)22-7-2-1-3-8-22/h4-6,13-15H,1-3,7-12H2,(H,21,24). The van der Waals surface area contributed by atoms with Crippen LogP contribution in [0.25, 0.3) is 0 Å². The SMILES string of the molecule is O=C(Nc1cc(S(=O)(=O)N2CCOCC2)ccc1N1CCCCC1)c1ccsc1. The van der Waals surface area contributed by atoms with E-state index in [2.05, 4.69) is 10.2 Å². The maximum atomic E-state index is 13.1. The van der Waals surface area contributed by atoms with Gasteiger partial charge >= 0.3 is 0 Å². The third-order valence-corrected chi connectivity index (χ3v) is 7.88. The quantitative estimate of drug-likeness (QED) is 0.781. The Morgan fingerprint density at radius 1 is 1.03 bits per heavy atom. The molecule has 0 atom stereocenters. The first-order chi connectivity index (χ1) is 14.1. The zero-order valence-electron chi connectivity index (χ0n) is 16.2. The average Bonchev–Trinajstić information content (AvgIpc) is 3.30. The monoisotopic (exact) mass is 435 g/mol. The van der Waals surface area contributed by atoms with E-state index in [1.54, 1.807) is 23.6 Å². The summed E-state index contributed by atoms with van der Waals surface area (Å²) >= 11 is 1.45. The van der Waals surface area contributed by atoms with Crippen molar-refractivity contribution < 1.29 is 17.9 Å². The fourth-order valence-corrected chi connectivity index (χ4v) is 5.78. The number of amides is 1. The first-order valence-electron chi connectivity index (χ1n) is 9.86. The highest BCUT2D eigenvalue weighted by molar-refractivity contribution is 7.89. The summed E-state index contributed by atoms with van der Waals surface area (Å²) in [6, 6.07) is 6.82. The number of thiophene rings is 1. The molecule has 29 heavy (non-hydrogen) atoms. The van der Waals surface area contributed by atoms with Crippen LogP contribution in [0.3, 0.4) is 0 Å². The van der Waals surface area contributed by atoms with Gasteiger partial charge in [0.2, 0.25) is 10.0 Å². The number of carbonyl (C=O) groups excluding carboxylic acids is 1. The molecule has 3 heterocycles. The molecule has 1 aromatic heterocycles. The van der Waals surface area contributed by atoms with Gasteiger partial charge in [0.05, 0.1) is 35.0 Å². The van der Waals surface area contributed by atoms with E-state index in [0.717, 1.165) is 31.6 Å². The van der Waals surface area contributed by atoms with Crippen molar-refractivity contribution in [2.75, 3.05) is 49.6 Å². The fourth-order valence-electron chi connectivity index (χ4n) is 3.71. The van der Waals surface area contributed by atoms with E-state index in [1.807, 2.05) is 11.4 Å². The van der Waals surface area contributed by atoms with Gasteiger partial charge in [-0.3, -0.25) is 4.79 Å². The van der Waals surface area contributed by atoms with Gasteiger partial charge in [0.25, 0.3) is 5.91 Å². The van der Waals surface area contributed by atoms with E-state index < -0.39 is 10.0 Å². The van der Waals surface area contributed by atoms with Crippen molar-refractivity contribution in [2.24, 2.45) is 0 Å². The van der Waals surface area contributed by atoms with Crippen LogP contribution in [-0.2, 0) is 14.8 Å². The first-order valence-corrected chi connectivity index (χ1v) is 12.2. The van der Waals surface area contributed by atoms with E-state index in [4.69, 9.17) is 4.74 Å². The van der Waals surface area contributed by atoms with Crippen LogP contribution < -0.4 is 10.2 Å². The van der Waals surface area contributed by atoms with Gasteiger partial charge in [0.1, 0.15) is 0 Å². The molecule has 1 amide bonds. The molecule has 2 aliphatic rings. The Morgan fingerprint density at radius 2 is 1.79 bits per heavy atom. The smallest absolute Gasteiger partial charge is 0.256 e. The number of piperidine rings is 1. The summed E-state index contributed by atoms with van der Waals surface area (Å²) in [6.07, 6.45) is 3.37. The summed E-state index contributed by atoms with van der Waals surface area (Å²) in [5.74, 6) is -0.231. The Hall–Kier alpha value is -1.94. The number of hydrogen-bond acceptors (Lipinski definition) is 6. The fraction of sp³-hybridized carbons (Fsp3) is 0.450. The third-order valence-electron chi connectivity index (χ3n) is 5.30. The molecule has 2 fully saturated rings. The van der Waals surface area contributed by atoms with Crippen LogP contribution in [0, 0.1) is 0 Å². The van der Waals surface area contributed by atoms with Gasteiger partial charge in [0.15, 0.2) is 0 Å². The van der Waals surface area contributed by atoms with Crippen LogP contribution in [0.15, 0.2) is 39.9 Å². The number of carbonyl (C=O) groups is 1. The van der Waals surface area contributed by atoms with E-state index in [1.165, 1.54) is 22.1 Å². The summed E-state index contributed by atoms with van der Waals surface area (Å²) in [5, 5.41) is 6.57. The highest BCUT2D eigenvalue weighted by Gasteiger charge is 2.28. The zero-order valence-corrected chi connectivity index (χ0v) is 17.8. The van der Waals surface area contributed by atoms with Gasteiger partial charge in [-0.1, -0.05) is 0 Å². The minimum atomic E-state index is -3.64. The van der Waals surface area contributed by atoms with Crippen LogP contribution in [0.5, 0.6) is 0 Å². The van der Waals surface area contributed by atoms with E-state index >= 15 is 0 Å². The van der Waals surface area contributed by atoms with Gasteiger partial charge in [-0.2, -0.15) is 15.6 Å². The predicted octanol–water partition coefficient (Wildman–Crippen LogP) is 3.01. The molecule has 4 rings (SSSR count). The summed E-state index contributed by atoms with van der Waals surface area (Å²) in [6.45, 7) is 3.27. The Labute approximate surface area is 175 Å². The molecule has 0 unspecified atom stereocenters. The molecule has 0 aliphatic carbocycles. The van der Waals surface area contributed by atoms with Crippen molar-refractivity contribution in [1.29, 1.82) is 0 Å². The summed E-state index contributed by atoms with van der Waals surface area (Å²) in [4.78, 5) is 15.1. The van der Waals surface area contributed by atoms with Crippen LogP contribution in [-0.4, -0.2) is 58.0 Å². The van der Waals surface area contributed by atoms with Crippen molar-refractivity contribution >= 4 is 38.6 Å². The van der Waals surface area contributed by atoms with E-state index in [-0.39, 0.29) is 10.8 Å². The van der Waals surface area contributed by atoms with E-state index in [0.29, 0.717) is 37.6 Å². The Morgan fingerprint density at radius 3 is 2.48 bits per heavy atom. The number of ether oxygens (including phenoxy) is 1. The topological polar surface area (TPSA) is 79.0 Å². The molecule has 2 saturated heterocycles. The Balaban J connectivity index is 1.68. The van der Waals surface area contributed by atoms with Gasteiger partial charge in [-0.15, -0.1) is 0 Å². The number of benzene rings is 1. The molecule has 1 N–H and O–H groups in total. The molecule has 9 heteroatoms. The van der Waals surface area contributed by atoms with Gasteiger partial charge in [-0.25, -0.2) is 8.42 Å². The van der Waals surface area contributed by atoms with Crippen molar-refractivity contribution in [3.05, 3.63) is 40.6 Å². The third kappa shape index (κ3) is 4.48. The van der Waals surface area contributed by atoms with E-state index in [9.17, 15) is 13.2 Å². The van der Waals surface area contributed by atoms with Crippen molar-refractivity contribution in [3.63, 3.8) is 0 Å². The second-order valence-corrected chi connectivity index (χ2v) is 9.93. The zero-order chi connectivity index (χ0) is 20.3. The lowest BCUT2D eigenvalue weighted by Gasteiger charge is -2.31. The summed E-state index contributed by atoms with van der Waals surface area (Å²) < 4.78 is 32.9. The molecule has 156 valence electrons. The molecular formula is C20H25N3O4S2. The Kier molecular flexibility index (Phi) is 6.19. The lowest BCUT2D eigenvalue weighted by atomic mass is 10.1. The molecule has 0 spiro atoms. The highest BCUT2D eigenvalue weighted by atomic mass is 32.2. The normalized spacial score (nSPS) is 18.6. The minimum Gasteiger partial charge on any atom is -0.379 e. The molecule has 7 nitrogen and oxygen atoms in total. The molecule has 0 saturated carbocycles. The maximum absolute atomic E-state index is 13.1.